The number of hydrogen-bond acceptors (Lipinski definition) is 4. The van der Waals surface area contributed by atoms with Crippen LogP contribution in [0, 0.1) is 5.92 Å². The van der Waals surface area contributed by atoms with Gasteiger partial charge in [-0.3, -0.25) is 9.59 Å². The maximum absolute atomic E-state index is 11.8. The van der Waals surface area contributed by atoms with Crippen LogP contribution in [0.3, 0.4) is 0 Å². The van der Waals surface area contributed by atoms with Crippen molar-refractivity contribution in [3.05, 3.63) is 0 Å². The normalized spacial score (nSPS) is 12.2. The minimum absolute atomic E-state index is 0.0127. The highest BCUT2D eigenvalue weighted by molar-refractivity contribution is 7.99. The van der Waals surface area contributed by atoms with Crippen molar-refractivity contribution in [2.24, 2.45) is 5.92 Å². The monoisotopic (exact) mass is 246 g/mol. The van der Waals surface area contributed by atoms with Crippen molar-refractivity contribution in [2.45, 2.75) is 40.0 Å². The van der Waals surface area contributed by atoms with E-state index in [0.717, 1.165) is 18.6 Å². The number of hydrogen-bond donors (Lipinski definition) is 0. The van der Waals surface area contributed by atoms with Crippen LogP contribution in [0.4, 0.5) is 0 Å². The first-order valence-electron chi connectivity index (χ1n) is 5.94. The number of Topliss-reactive ketones (excluding diaryl/α,β-unsaturated/α-hetero) is 1. The molecule has 0 saturated carbocycles. The molecule has 0 radical (unpaired) electrons. The average molecular weight is 246 g/mol. The molecule has 0 aromatic rings. The lowest BCUT2D eigenvalue weighted by Crippen LogP contribution is -2.27. The molecule has 0 spiro atoms. The number of esters is 1. The number of carbonyl (C=O) groups is 2. The Kier molecular flexibility index (Phi) is 9.39. The van der Waals surface area contributed by atoms with Crippen molar-refractivity contribution in [3.63, 3.8) is 0 Å². The number of ketones is 1. The Labute approximate surface area is 102 Å². The zero-order valence-corrected chi connectivity index (χ0v) is 11.3. The third-order valence-electron chi connectivity index (χ3n) is 2.13. The molecule has 0 heterocycles. The molecular formula is C12H22O3S. The molecule has 0 aliphatic heterocycles. The van der Waals surface area contributed by atoms with Crippen molar-refractivity contribution >= 4 is 23.5 Å². The molecule has 0 aliphatic rings. The average Bonchev–Trinajstić information content (AvgIpc) is 2.26. The summed E-state index contributed by atoms with van der Waals surface area (Å²) in [6.07, 6.45) is 2.48. The summed E-state index contributed by atoms with van der Waals surface area (Å²) in [7, 11) is 0. The van der Waals surface area contributed by atoms with Gasteiger partial charge in [-0.05, 0) is 25.5 Å². The minimum atomic E-state index is -0.547. The number of ether oxygens (including phenoxy) is 1. The molecule has 0 saturated heterocycles. The first-order chi connectivity index (χ1) is 7.67. The molecule has 1 unspecified atom stereocenters. The lowest BCUT2D eigenvalue weighted by Gasteiger charge is -2.13. The molecule has 1 atom stereocenters. The van der Waals surface area contributed by atoms with E-state index in [1.807, 2.05) is 6.92 Å². The molecule has 4 heteroatoms. The van der Waals surface area contributed by atoms with Crippen LogP contribution in [-0.2, 0) is 14.3 Å². The highest BCUT2D eigenvalue weighted by Crippen LogP contribution is 2.14. The van der Waals surface area contributed by atoms with Crippen molar-refractivity contribution in [2.75, 3.05) is 18.1 Å². The maximum Gasteiger partial charge on any atom is 0.316 e. The van der Waals surface area contributed by atoms with Gasteiger partial charge in [-0.1, -0.05) is 20.3 Å². The van der Waals surface area contributed by atoms with E-state index in [1.165, 1.54) is 0 Å². The van der Waals surface area contributed by atoms with Crippen LogP contribution in [-0.4, -0.2) is 29.9 Å². The van der Waals surface area contributed by atoms with Gasteiger partial charge >= 0.3 is 5.97 Å². The fourth-order valence-electron chi connectivity index (χ4n) is 1.36. The second kappa shape index (κ2) is 9.70. The zero-order valence-electron chi connectivity index (χ0n) is 10.5. The van der Waals surface area contributed by atoms with Crippen LogP contribution in [0.25, 0.3) is 0 Å². The van der Waals surface area contributed by atoms with Gasteiger partial charge in [0.05, 0.1) is 12.4 Å². The number of thioether (sulfide) groups is 1. The van der Waals surface area contributed by atoms with Crippen molar-refractivity contribution in [1.29, 1.82) is 0 Å². The lowest BCUT2D eigenvalue weighted by molar-refractivity contribution is -0.151. The van der Waals surface area contributed by atoms with E-state index in [1.54, 1.807) is 18.7 Å². The van der Waals surface area contributed by atoms with Crippen molar-refractivity contribution < 1.29 is 14.3 Å². The molecule has 0 fully saturated rings. The Balaban J connectivity index is 4.17. The van der Waals surface area contributed by atoms with E-state index in [4.69, 9.17) is 4.74 Å². The molecule has 0 aromatic carbocycles. The van der Waals surface area contributed by atoms with Crippen LogP contribution >= 0.6 is 11.8 Å². The molecular weight excluding hydrogens is 224 g/mol. The second-order valence-electron chi connectivity index (χ2n) is 3.61. The van der Waals surface area contributed by atoms with Crippen LogP contribution in [0.2, 0.25) is 0 Å². The Hall–Kier alpha value is -0.510. The van der Waals surface area contributed by atoms with Gasteiger partial charge in [0, 0.05) is 0 Å². The molecule has 3 nitrogen and oxygen atoms in total. The smallest absolute Gasteiger partial charge is 0.316 e. The minimum Gasteiger partial charge on any atom is -0.465 e. The predicted molar refractivity (Wildman–Crippen MR) is 67.7 cm³/mol. The molecule has 0 aliphatic carbocycles. The number of rotatable bonds is 9. The third kappa shape index (κ3) is 6.16. The quantitative estimate of drug-likeness (QED) is 0.356. The Bertz CT molecular complexity index is 216. The standard InChI is InChI=1S/C12H22O3S/c1-4-7-10(12(14)15-6-3)11(13)9-16-8-5-2/h10H,4-9H2,1-3H3. The Morgan fingerprint density at radius 2 is 1.88 bits per heavy atom. The Morgan fingerprint density at radius 1 is 1.19 bits per heavy atom. The summed E-state index contributed by atoms with van der Waals surface area (Å²) < 4.78 is 4.91. The predicted octanol–water partition coefficient (Wildman–Crippen LogP) is 2.68. The van der Waals surface area contributed by atoms with E-state index in [9.17, 15) is 9.59 Å². The highest BCUT2D eigenvalue weighted by atomic mass is 32.2. The summed E-state index contributed by atoms with van der Waals surface area (Å²) in [6.45, 7) is 6.15. The van der Waals surface area contributed by atoms with Crippen LogP contribution < -0.4 is 0 Å². The fourth-order valence-corrected chi connectivity index (χ4v) is 2.19. The summed E-state index contributed by atoms with van der Waals surface area (Å²) in [5.74, 6) is 0.504. The molecule has 94 valence electrons. The van der Waals surface area contributed by atoms with Crippen molar-refractivity contribution in [1.82, 2.24) is 0 Å². The van der Waals surface area contributed by atoms with Gasteiger partial charge in [0.15, 0.2) is 5.78 Å². The first kappa shape index (κ1) is 15.5. The molecule has 0 amide bonds. The molecule has 16 heavy (non-hydrogen) atoms. The van der Waals surface area contributed by atoms with Gasteiger partial charge in [-0.25, -0.2) is 0 Å². The van der Waals surface area contributed by atoms with Gasteiger partial charge in [0.25, 0.3) is 0 Å². The topological polar surface area (TPSA) is 43.4 Å². The zero-order chi connectivity index (χ0) is 12.4. The summed E-state index contributed by atoms with van der Waals surface area (Å²) in [5.41, 5.74) is 0. The van der Waals surface area contributed by atoms with Gasteiger partial charge in [0.2, 0.25) is 0 Å². The summed E-state index contributed by atoms with van der Waals surface area (Å²) in [5, 5.41) is 0. The molecule has 0 N–H and O–H groups in total. The third-order valence-corrected chi connectivity index (χ3v) is 3.32. The SMILES string of the molecule is CCCSCC(=O)C(CCC)C(=O)OCC. The van der Waals surface area contributed by atoms with E-state index in [-0.39, 0.29) is 11.8 Å². The molecule has 0 rings (SSSR count). The molecule has 0 aromatic heterocycles. The van der Waals surface area contributed by atoms with E-state index >= 15 is 0 Å². The van der Waals surface area contributed by atoms with Crippen molar-refractivity contribution in [3.8, 4) is 0 Å². The van der Waals surface area contributed by atoms with Gasteiger partial charge in [0.1, 0.15) is 5.92 Å². The highest BCUT2D eigenvalue weighted by Gasteiger charge is 2.26. The maximum atomic E-state index is 11.8. The van der Waals surface area contributed by atoms with Crippen LogP contribution in [0.15, 0.2) is 0 Å². The first-order valence-corrected chi connectivity index (χ1v) is 7.09. The molecule has 0 bridgehead atoms. The summed E-state index contributed by atoms with van der Waals surface area (Å²) >= 11 is 1.59. The van der Waals surface area contributed by atoms with E-state index in [2.05, 4.69) is 6.92 Å². The summed E-state index contributed by atoms with van der Waals surface area (Å²) in [4.78, 5) is 23.4. The van der Waals surface area contributed by atoms with Gasteiger partial charge in [-0.15, -0.1) is 0 Å². The van der Waals surface area contributed by atoms with E-state index in [0.29, 0.717) is 18.8 Å². The second-order valence-corrected chi connectivity index (χ2v) is 4.72. The van der Waals surface area contributed by atoms with Gasteiger partial charge in [-0.2, -0.15) is 11.8 Å². The van der Waals surface area contributed by atoms with Crippen LogP contribution in [0.5, 0.6) is 0 Å². The largest absolute Gasteiger partial charge is 0.465 e. The Morgan fingerprint density at radius 3 is 2.38 bits per heavy atom. The number of carbonyl (C=O) groups excluding carboxylic acids is 2. The van der Waals surface area contributed by atoms with Gasteiger partial charge < -0.3 is 4.74 Å². The van der Waals surface area contributed by atoms with E-state index < -0.39 is 5.92 Å². The fraction of sp³-hybridized carbons (Fsp3) is 0.833. The summed E-state index contributed by atoms with van der Waals surface area (Å²) in [6, 6.07) is 0. The lowest BCUT2D eigenvalue weighted by atomic mass is 10.00. The van der Waals surface area contributed by atoms with Crippen LogP contribution in [0.1, 0.15) is 40.0 Å².